The molecule has 0 spiro atoms. The molecule has 0 atom stereocenters. The highest BCUT2D eigenvalue weighted by Crippen LogP contribution is 2.29. The van der Waals surface area contributed by atoms with Crippen LogP contribution in [-0.4, -0.2) is 21.8 Å². The summed E-state index contributed by atoms with van der Waals surface area (Å²) in [6, 6.07) is 11.1. The van der Waals surface area contributed by atoms with Gasteiger partial charge in [-0.15, -0.1) is 0 Å². The van der Waals surface area contributed by atoms with Crippen molar-refractivity contribution in [1.82, 2.24) is 9.88 Å². The number of carbonyl (C=O) groups excluding carboxylic acids is 1. The summed E-state index contributed by atoms with van der Waals surface area (Å²) in [5.74, 6) is 0.489. The Balaban J connectivity index is 1.65. The molecule has 1 fully saturated rings. The summed E-state index contributed by atoms with van der Waals surface area (Å²) in [5, 5.41) is 0.824. The normalized spacial score (nSPS) is 15.1. The summed E-state index contributed by atoms with van der Waals surface area (Å²) >= 11 is 12.2. The fourth-order valence-electron chi connectivity index (χ4n) is 3.85. The molecule has 2 aromatic carbocycles. The molecule has 1 aliphatic carbocycles. The number of rotatable bonds is 4. The highest BCUT2D eigenvalue weighted by molar-refractivity contribution is 6.42. The molecule has 0 N–H and O–H groups in total. The maximum atomic E-state index is 13.3. The molecular weight excluding hydrogens is 395 g/mol. The SMILES string of the molecule is Cc1ccc2oc(CN(C(=O)c3ccc(Cl)c(Cl)c3)C3CCCCC3)nc2c1. The van der Waals surface area contributed by atoms with E-state index in [9.17, 15) is 4.79 Å². The van der Waals surface area contributed by atoms with Gasteiger partial charge in [-0.3, -0.25) is 4.79 Å². The molecule has 1 aromatic heterocycles. The lowest BCUT2D eigenvalue weighted by Gasteiger charge is -2.33. The number of aromatic nitrogens is 1. The van der Waals surface area contributed by atoms with Crippen molar-refractivity contribution in [2.45, 2.75) is 51.6 Å². The molecule has 0 unspecified atom stereocenters. The molecule has 0 aliphatic heterocycles. The Hall–Kier alpha value is -2.04. The number of hydrogen-bond donors (Lipinski definition) is 0. The van der Waals surface area contributed by atoms with Gasteiger partial charge in [0.2, 0.25) is 5.89 Å². The van der Waals surface area contributed by atoms with E-state index in [-0.39, 0.29) is 11.9 Å². The maximum Gasteiger partial charge on any atom is 0.254 e. The minimum absolute atomic E-state index is 0.0658. The second kappa shape index (κ2) is 8.14. The smallest absolute Gasteiger partial charge is 0.254 e. The average Bonchev–Trinajstić information content (AvgIpc) is 3.10. The molecule has 4 rings (SSSR count). The standard InChI is InChI=1S/C22H22Cl2N2O2/c1-14-7-10-20-19(11-14)25-21(28-20)13-26(16-5-3-2-4-6-16)22(27)15-8-9-17(23)18(24)12-15/h7-12,16H,2-6,13H2,1H3. The first kappa shape index (κ1) is 19.3. The minimum Gasteiger partial charge on any atom is -0.439 e. The number of carbonyl (C=O) groups is 1. The van der Waals surface area contributed by atoms with Crippen LogP contribution in [0.5, 0.6) is 0 Å². The quantitative estimate of drug-likeness (QED) is 0.492. The van der Waals surface area contributed by atoms with Crippen LogP contribution in [-0.2, 0) is 6.54 Å². The van der Waals surface area contributed by atoms with E-state index in [4.69, 9.17) is 27.6 Å². The molecule has 146 valence electrons. The maximum absolute atomic E-state index is 13.3. The van der Waals surface area contributed by atoms with E-state index < -0.39 is 0 Å². The van der Waals surface area contributed by atoms with E-state index in [1.807, 2.05) is 30.0 Å². The lowest BCUT2D eigenvalue weighted by molar-refractivity contribution is 0.0593. The molecule has 1 aliphatic rings. The lowest BCUT2D eigenvalue weighted by atomic mass is 9.93. The van der Waals surface area contributed by atoms with Crippen molar-refractivity contribution < 1.29 is 9.21 Å². The van der Waals surface area contributed by atoms with Gasteiger partial charge in [-0.25, -0.2) is 4.98 Å². The van der Waals surface area contributed by atoms with E-state index >= 15 is 0 Å². The molecule has 1 saturated carbocycles. The van der Waals surface area contributed by atoms with Gasteiger partial charge in [0, 0.05) is 11.6 Å². The second-order valence-electron chi connectivity index (χ2n) is 7.43. The molecule has 0 radical (unpaired) electrons. The molecule has 28 heavy (non-hydrogen) atoms. The Bertz CT molecular complexity index is 1010. The Morgan fingerprint density at radius 2 is 1.89 bits per heavy atom. The van der Waals surface area contributed by atoms with E-state index in [0.717, 1.165) is 42.3 Å². The van der Waals surface area contributed by atoms with Crippen LogP contribution in [0.2, 0.25) is 10.0 Å². The fraction of sp³-hybridized carbons (Fsp3) is 0.364. The van der Waals surface area contributed by atoms with E-state index in [1.165, 1.54) is 6.42 Å². The van der Waals surface area contributed by atoms with Crippen LogP contribution in [0.1, 0.15) is 53.9 Å². The number of nitrogens with zero attached hydrogens (tertiary/aromatic N) is 2. The van der Waals surface area contributed by atoms with Crippen molar-refractivity contribution in [3.05, 3.63) is 63.5 Å². The number of aryl methyl sites for hydroxylation is 1. The van der Waals surface area contributed by atoms with Crippen LogP contribution in [0.3, 0.4) is 0 Å². The van der Waals surface area contributed by atoms with Crippen LogP contribution in [0.25, 0.3) is 11.1 Å². The number of amides is 1. The van der Waals surface area contributed by atoms with Gasteiger partial charge in [-0.1, -0.05) is 48.5 Å². The minimum atomic E-state index is -0.0658. The third kappa shape index (κ3) is 4.03. The van der Waals surface area contributed by atoms with Crippen molar-refractivity contribution in [3.8, 4) is 0 Å². The van der Waals surface area contributed by atoms with Gasteiger partial charge in [-0.05, 0) is 55.7 Å². The van der Waals surface area contributed by atoms with Crippen molar-refractivity contribution in [1.29, 1.82) is 0 Å². The van der Waals surface area contributed by atoms with Crippen LogP contribution in [0.15, 0.2) is 40.8 Å². The van der Waals surface area contributed by atoms with Gasteiger partial charge in [0.1, 0.15) is 5.52 Å². The zero-order valence-electron chi connectivity index (χ0n) is 15.8. The van der Waals surface area contributed by atoms with Crippen molar-refractivity contribution >= 4 is 40.2 Å². The summed E-state index contributed by atoms with van der Waals surface area (Å²) in [5.41, 5.74) is 3.22. The van der Waals surface area contributed by atoms with Crippen molar-refractivity contribution in [2.24, 2.45) is 0 Å². The third-order valence-electron chi connectivity index (χ3n) is 5.34. The first-order valence-electron chi connectivity index (χ1n) is 9.63. The fourth-order valence-corrected chi connectivity index (χ4v) is 4.15. The van der Waals surface area contributed by atoms with Gasteiger partial charge < -0.3 is 9.32 Å². The van der Waals surface area contributed by atoms with Gasteiger partial charge in [0.05, 0.1) is 16.6 Å². The topological polar surface area (TPSA) is 46.3 Å². The Morgan fingerprint density at radius 1 is 1.11 bits per heavy atom. The highest BCUT2D eigenvalue weighted by Gasteiger charge is 2.28. The molecule has 3 aromatic rings. The first-order chi connectivity index (χ1) is 13.5. The van der Waals surface area contributed by atoms with Crippen LogP contribution in [0, 0.1) is 6.92 Å². The Labute approximate surface area is 174 Å². The molecule has 1 heterocycles. The van der Waals surface area contributed by atoms with Crippen LogP contribution in [0.4, 0.5) is 0 Å². The molecule has 4 nitrogen and oxygen atoms in total. The summed E-state index contributed by atoms with van der Waals surface area (Å²) < 4.78 is 5.92. The molecule has 1 amide bonds. The largest absolute Gasteiger partial charge is 0.439 e. The molecule has 0 saturated heterocycles. The number of fused-ring (bicyclic) bond motifs is 1. The van der Waals surface area contributed by atoms with Gasteiger partial charge in [0.15, 0.2) is 5.58 Å². The number of halogens is 2. The molecular formula is C22H22Cl2N2O2. The average molecular weight is 417 g/mol. The summed E-state index contributed by atoms with van der Waals surface area (Å²) in [7, 11) is 0. The lowest BCUT2D eigenvalue weighted by Crippen LogP contribution is -2.41. The zero-order valence-corrected chi connectivity index (χ0v) is 17.3. The van der Waals surface area contributed by atoms with E-state index in [1.54, 1.807) is 18.2 Å². The Morgan fingerprint density at radius 3 is 2.64 bits per heavy atom. The van der Waals surface area contributed by atoms with E-state index in [0.29, 0.717) is 28.0 Å². The number of benzene rings is 2. The second-order valence-corrected chi connectivity index (χ2v) is 8.25. The van der Waals surface area contributed by atoms with Crippen molar-refractivity contribution in [2.75, 3.05) is 0 Å². The van der Waals surface area contributed by atoms with E-state index in [2.05, 4.69) is 4.98 Å². The predicted octanol–water partition coefficient (Wildman–Crippen LogP) is 6.42. The predicted molar refractivity (Wildman–Crippen MR) is 112 cm³/mol. The summed E-state index contributed by atoms with van der Waals surface area (Å²) in [4.78, 5) is 19.8. The van der Waals surface area contributed by atoms with Crippen LogP contribution >= 0.6 is 23.2 Å². The molecule has 0 bridgehead atoms. The summed E-state index contributed by atoms with van der Waals surface area (Å²) in [6.45, 7) is 2.37. The zero-order chi connectivity index (χ0) is 19.7. The Kier molecular flexibility index (Phi) is 5.61. The number of oxazole rings is 1. The summed E-state index contributed by atoms with van der Waals surface area (Å²) in [6.07, 6.45) is 5.46. The van der Waals surface area contributed by atoms with Gasteiger partial charge in [-0.2, -0.15) is 0 Å². The molecule has 6 heteroatoms. The third-order valence-corrected chi connectivity index (χ3v) is 6.07. The van der Waals surface area contributed by atoms with Crippen LogP contribution < -0.4 is 0 Å². The highest BCUT2D eigenvalue weighted by atomic mass is 35.5. The van der Waals surface area contributed by atoms with Crippen molar-refractivity contribution in [3.63, 3.8) is 0 Å². The van der Waals surface area contributed by atoms with Gasteiger partial charge in [0.25, 0.3) is 5.91 Å². The van der Waals surface area contributed by atoms with Gasteiger partial charge >= 0.3 is 0 Å². The first-order valence-corrected chi connectivity index (χ1v) is 10.4. The number of hydrogen-bond acceptors (Lipinski definition) is 3. The monoisotopic (exact) mass is 416 g/mol.